The molecule has 0 aliphatic carbocycles. The molecule has 96 valence electrons. The zero-order valence-electron chi connectivity index (χ0n) is 10.7. The molecule has 2 heterocycles. The van der Waals surface area contributed by atoms with Gasteiger partial charge in [0.1, 0.15) is 5.82 Å². The number of hydrogen-bond acceptors (Lipinski definition) is 1. The van der Waals surface area contributed by atoms with Crippen LogP contribution in [0.25, 0.3) is 10.9 Å². The van der Waals surface area contributed by atoms with Crippen LogP contribution in [-0.4, -0.2) is 18.1 Å². The Morgan fingerprint density at radius 1 is 1.28 bits per heavy atom. The maximum atomic E-state index is 13.7. The first-order chi connectivity index (χ1) is 8.79. The fourth-order valence-electron chi connectivity index (χ4n) is 2.95. The van der Waals surface area contributed by atoms with Gasteiger partial charge in [0.05, 0.1) is 0 Å². The molecule has 2 N–H and O–H groups in total. The number of nitrogens with one attached hydrogen (secondary N) is 2. The molecule has 2 aromatic rings. The highest BCUT2D eigenvalue weighted by atomic mass is 19.1. The Bertz CT molecular complexity index is 553. The zero-order chi connectivity index (χ0) is 12.5. The highest BCUT2D eigenvalue weighted by molar-refractivity contribution is 5.84. The molecule has 1 aliphatic rings. The summed E-state index contributed by atoms with van der Waals surface area (Å²) in [6.07, 6.45) is 5.16. The number of rotatable bonds is 2. The average Bonchev–Trinajstić information content (AvgIpc) is 2.81. The number of aryl methyl sites for hydroxylation is 1. The van der Waals surface area contributed by atoms with Crippen molar-refractivity contribution in [2.75, 3.05) is 13.1 Å². The van der Waals surface area contributed by atoms with E-state index < -0.39 is 0 Å². The number of fused-ring (bicyclic) bond motifs is 1. The number of hydrogen-bond donors (Lipinski definition) is 2. The predicted molar refractivity (Wildman–Crippen MR) is 72.5 cm³/mol. The van der Waals surface area contributed by atoms with Gasteiger partial charge in [-0.25, -0.2) is 4.39 Å². The van der Waals surface area contributed by atoms with Crippen molar-refractivity contribution in [3.05, 3.63) is 35.3 Å². The van der Waals surface area contributed by atoms with Crippen molar-refractivity contribution >= 4 is 10.9 Å². The van der Waals surface area contributed by atoms with Gasteiger partial charge in [-0.1, -0.05) is 6.92 Å². The van der Waals surface area contributed by atoms with Crippen LogP contribution in [0.2, 0.25) is 0 Å². The summed E-state index contributed by atoms with van der Waals surface area (Å²) in [4.78, 5) is 3.22. The van der Waals surface area contributed by atoms with Gasteiger partial charge in [-0.3, -0.25) is 0 Å². The second kappa shape index (κ2) is 4.73. The van der Waals surface area contributed by atoms with E-state index in [9.17, 15) is 4.39 Å². The van der Waals surface area contributed by atoms with Crippen LogP contribution in [0.4, 0.5) is 4.39 Å². The van der Waals surface area contributed by atoms with Crippen molar-refractivity contribution in [2.45, 2.75) is 32.1 Å². The van der Waals surface area contributed by atoms with E-state index in [1.165, 1.54) is 23.8 Å². The van der Waals surface area contributed by atoms with Gasteiger partial charge in [-0.15, -0.1) is 0 Å². The highest BCUT2D eigenvalue weighted by Crippen LogP contribution is 2.32. The van der Waals surface area contributed by atoms with E-state index in [0.29, 0.717) is 5.92 Å². The van der Waals surface area contributed by atoms with Crippen LogP contribution >= 0.6 is 0 Å². The Kier molecular flexibility index (Phi) is 3.08. The normalized spacial score (nSPS) is 17.4. The van der Waals surface area contributed by atoms with Gasteiger partial charge in [0.2, 0.25) is 0 Å². The summed E-state index contributed by atoms with van der Waals surface area (Å²) in [5, 5.41) is 4.59. The maximum Gasteiger partial charge on any atom is 0.128 e. The largest absolute Gasteiger partial charge is 0.361 e. The Morgan fingerprint density at radius 2 is 2.06 bits per heavy atom. The first kappa shape index (κ1) is 11.7. The van der Waals surface area contributed by atoms with E-state index in [2.05, 4.69) is 16.5 Å². The minimum Gasteiger partial charge on any atom is -0.361 e. The summed E-state index contributed by atoms with van der Waals surface area (Å²) < 4.78 is 13.7. The molecule has 0 bridgehead atoms. The van der Waals surface area contributed by atoms with Gasteiger partial charge in [0.15, 0.2) is 0 Å². The van der Waals surface area contributed by atoms with Gasteiger partial charge in [-0.2, -0.15) is 0 Å². The lowest BCUT2D eigenvalue weighted by Crippen LogP contribution is -2.26. The lowest BCUT2D eigenvalue weighted by atomic mass is 9.89. The highest BCUT2D eigenvalue weighted by Gasteiger charge is 2.19. The second-order valence-corrected chi connectivity index (χ2v) is 5.11. The van der Waals surface area contributed by atoms with Crippen molar-refractivity contribution in [1.82, 2.24) is 10.3 Å². The third-order valence-corrected chi connectivity index (χ3v) is 4.04. The van der Waals surface area contributed by atoms with Crippen LogP contribution in [-0.2, 0) is 6.42 Å². The fraction of sp³-hybridized carbons (Fsp3) is 0.467. The maximum absolute atomic E-state index is 13.7. The molecule has 18 heavy (non-hydrogen) atoms. The molecule has 1 aliphatic heterocycles. The van der Waals surface area contributed by atoms with E-state index in [-0.39, 0.29) is 5.82 Å². The van der Waals surface area contributed by atoms with Crippen molar-refractivity contribution in [1.29, 1.82) is 0 Å². The summed E-state index contributed by atoms with van der Waals surface area (Å²) in [6.45, 7) is 4.17. The zero-order valence-corrected chi connectivity index (χ0v) is 10.7. The van der Waals surface area contributed by atoms with E-state index in [4.69, 9.17) is 0 Å². The van der Waals surface area contributed by atoms with E-state index >= 15 is 0 Å². The molecule has 1 saturated heterocycles. The molecule has 3 rings (SSSR count). The smallest absolute Gasteiger partial charge is 0.128 e. The van der Waals surface area contributed by atoms with E-state index in [1.807, 2.05) is 13.0 Å². The van der Waals surface area contributed by atoms with Crippen LogP contribution in [0.3, 0.4) is 0 Å². The number of benzene rings is 1. The SMILES string of the molecule is CCc1cc2c(C3CCNCC3)c[nH]c2cc1F. The monoisotopic (exact) mass is 246 g/mol. The quantitative estimate of drug-likeness (QED) is 0.835. The third kappa shape index (κ3) is 1.93. The Balaban J connectivity index is 2.06. The van der Waals surface area contributed by atoms with Crippen LogP contribution in [0.15, 0.2) is 18.3 Å². The first-order valence-electron chi connectivity index (χ1n) is 6.79. The number of halogens is 1. The molecule has 2 nitrogen and oxygen atoms in total. The summed E-state index contributed by atoms with van der Waals surface area (Å²) in [5.74, 6) is 0.513. The van der Waals surface area contributed by atoms with Crippen LogP contribution < -0.4 is 5.32 Å². The van der Waals surface area contributed by atoms with Gasteiger partial charge < -0.3 is 10.3 Å². The average molecular weight is 246 g/mol. The predicted octanol–water partition coefficient (Wildman–Crippen LogP) is 3.34. The lowest BCUT2D eigenvalue weighted by Gasteiger charge is -2.22. The molecule has 1 fully saturated rings. The molecule has 1 aromatic heterocycles. The van der Waals surface area contributed by atoms with Gasteiger partial charge in [-0.05, 0) is 61.5 Å². The summed E-state index contributed by atoms with van der Waals surface area (Å²) >= 11 is 0. The van der Waals surface area contributed by atoms with Crippen LogP contribution in [0, 0.1) is 5.82 Å². The minimum absolute atomic E-state index is 0.0938. The molecular weight excluding hydrogens is 227 g/mol. The van der Waals surface area contributed by atoms with Gasteiger partial charge in [0.25, 0.3) is 0 Å². The second-order valence-electron chi connectivity index (χ2n) is 5.11. The van der Waals surface area contributed by atoms with Crippen LogP contribution in [0.5, 0.6) is 0 Å². The summed E-state index contributed by atoms with van der Waals surface area (Å²) in [5.41, 5.74) is 3.11. The number of aromatic nitrogens is 1. The van der Waals surface area contributed by atoms with Crippen molar-refractivity contribution < 1.29 is 4.39 Å². The van der Waals surface area contributed by atoms with Crippen LogP contribution in [0.1, 0.15) is 36.8 Å². The molecule has 0 radical (unpaired) electrons. The standard InChI is InChI=1S/C15H19FN2/c1-2-10-7-12-13(11-3-5-17-6-4-11)9-18-15(12)8-14(10)16/h7-9,11,17-18H,2-6H2,1H3. The number of piperidine rings is 1. The van der Waals surface area contributed by atoms with E-state index in [1.54, 1.807) is 6.07 Å². The lowest BCUT2D eigenvalue weighted by molar-refractivity contribution is 0.462. The minimum atomic E-state index is -0.0938. The molecule has 0 saturated carbocycles. The Hall–Kier alpha value is -1.35. The third-order valence-electron chi connectivity index (χ3n) is 4.04. The summed E-state index contributed by atoms with van der Waals surface area (Å²) in [6, 6.07) is 3.66. The number of H-pyrrole nitrogens is 1. The van der Waals surface area contributed by atoms with E-state index in [0.717, 1.165) is 30.6 Å². The topological polar surface area (TPSA) is 27.8 Å². The molecule has 0 unspecified atom stereocenters. The Labute approximate surface area is 107 Å². The number of aromatic amines is 1. The molecule has 0 atom stereocenters. The van der Waals surface area contributed by atoms with Gasteiger partial charge >= 0.3 is 0 Å². The molecule has 0 amide bonds. The Morgan fingerprint density at radius 3 is 2.78 bits per heavy atom. The molecule has 1 aromatic carbocycles. The fourth-order valence-corrected chi connectivity index (χ4v) is 2.95. The van der Waals surface area contributed by atoms with Gasteiger partial charge in [0, 0.05) is 17.1 Å². The molecular formula is C15H19FN2. The molecule has 0 spiro atoms. The molecule has 3 heteroatoms. The van der Waals surface area contributed by atoms with Crippen molar-refractivity contribution in [2.24, 2.45) is 0 Å². The summed E-state index contributed by atoms with van der Waals surface area (Å²) in [7, 11) is 0. The first-order valence-corrected chi connectivity index (χ1v) is 6.79. The van der Waals surface area contributed by atoms with Crippen molar-refractivity contribution in [3.8, 4) is 0 Å². The van der Waals surface area contributed by atoms with Crippen molar-refractivity contribution in [3.63, 3.8) is 0 Å².